The summed E-state index contributed by atoms with van der Waals surface area (Å²) in [6.45, 7) is 2.85. The van der Waals surface area contributed by atoms with E-state index in [1.54, 1.807) is 18.2 Å². The van der Waals surface area contributed by atoms with Crippen LogP contribution >= 0.6 is 0 Å². The zero-order valence-electron chi connectivity index (χ0n) is 10.3. The van der Waals surface area contributed by atoms with Gasteiger partial charge < -0.3 is 15.3 Å². The molecule has 2 N–H and O–H groups in total. The molecule has 96 valence electrons. The van der Waals surface area contributed by atoms with Crippen LogP contribution in [0, 0.1) is 5.92 Å². The summed E-state index contributed by atoms with van der Waals surface area (Å²) in [6.07, 6.45) is 1.50. The van der Waals surface area contributed by atoms with Crippen molar-refractivity contribution in [1.82, 2.24) is 10.2 Å². The largest absolute Gasteiger partial charge is 0.508 e. The van der Waals surface area contributed by atoms with Crippen molar-refractivity contribution in [2.75, 3.05) is 19.6 Å². The van der Waals surface area contributed by atoms with Crippen LogP contribution in [0.3, 0.4) is 0 Å². The smallest absolute Gasteiger partial charge is 0.227 e. The molecule has 0 aliphatic carbocycles. The SMILES string of the molecule is O=C(Cc1cccc(O)c1)N1CC[C@H]2CNC[C@H]21. The average Bonchev–Trinajstić information content (AvgIpc) is 2.89. The number of rotatable bonds is 2. The lowest BCUT2D eigenvalue weighted by Crippen LogP contribution is -2.39. The number of aromatic hydroxyl groups is 1. The van der Waals surface area contributed by atoms with E-state index < -0.39 is 0 Å². The van der Waals surface area contributed by atoms with Crippen LogP contribution < -0.4 is 5.32 Å². The first kappa shape index (κ1) is 11.5. The van der Waals surface area contributed by atoms with Crippen LogP contribution in [0.25, 0.3) is 0 Å². The van der Waals surface area contributed by atoms with Crippen LogP contribution in [0.5, 0.6) is 5.75 Å². The van der Waals surface area contributed by atoms with E-state index in [1.807, 2.05) is 11.0 Å². The number of amides is 1. The van der Waals surface area contributed by atoms with Crippen LogP contribution in [-0.2, 0) is 11.2 Å². The molecule has 0 bridgehead atoms. The third kappa shape index (κ3) is 2.08. The standard InChI is InChI=1S/C14H18N2O2/c17-12-3-1-2-10(6-12)7-14(18)16-5-4-11-8-15-9-13(11)16/h1-3,6,11,13,15,17H,4-5,7-9H2/t11-,13+/m0/s1. The van der Waals surface area contributed by atoms with Gasteiger partial charge in [-0.3, -0.25) is 4.79 Å². The normalized spacial score (nSPS) is 26.3. The maximum absolute atomic E-state index is 12.3. The van der Waals surface area contributed by atoms with E-state index in [-0.39, 0.29) is 11.7 Å². The summed E-state index contributed by atoms with van der Waals surface area (Å²) >= 11 is 0. The number of phenolic OH excluding ortho intramolecular Hbond substituents is 1. The van der Waals surface area contributed by atoms with Gasteiger partial charge in [0.15, 0.2) is 0 Å². The van der Waals surface area contributed by atoms with Gasteiger partial charge in [-0.1, -0.05) is 12.1 Å². The van der Waals surface area contributed by atoms with E-state index >= 15 is 0 Å². The maximum Gasteiger partial charge on any atom is 0.227 e. The van der Waals surface area contributed by atoms with Crippen molar-refractivity contribution in [2.45, 2.75) is 18.9 Å². The highest BCUT2D eigenvalue weighted by Crippen LogP contribution is 2.27. The number of hydrogen-bond donors (Lipinski definition) is 2. The Morgan fingerprint density at radius 3 is 3.17 bits per heavy atom. The minimum Gasteiger partial charge on any atom is -0.508 e. The van der Waals surface area contributed by atoms with Crippen molar-refractivity contribution in [3.8, 4) is 5.75 Å². The Labute approximate surface area is 107 Å². The second kappa shape index (κ2) is 4.61. The molecule has 0 aromatic heterocycles. The number of phenols is 1. The molecule has 2 heterocycles. The van der Waals surface area contributed by atoms with Gasteiger partial charge >= 0.3 is 0 Å². The number of benzene rings is 1. The van der Waals surface area contributed by atoms with Gasteiger partial charge in [-0.2, -0.15) is 0 Å². The number of likely N-dealkylation sites (tertiary alicyclic amines) is 1. The molecule has 4 nitrogen and oxygen atoms in total. The second-order valence-corrected chi connectivity index (χ2v) is 5.21. The van der Waals surface area contributed by atoms with Gasteiger partial charge in [0.2, 0.25) is 5.91 Å². The minimum absolute atomic E-state index is 0.178. The van der Waals surface area contributed by atoms with Crippen molar-refractivity contribution in [1.29, 1.82) is 0 Å². The molecule has 0 unspecified atom stereocenters. The summed E-state index contributed by atoms with van der Waals surface area (Å²) in [5.74, 6) is 1.04. The van der Waals surface area contributed by atoms with Crippen LogP contribution in [0.15, 0.2) is 24.3 Å². The van der Waals surface area contributed by atoms with Crippen LogP contribution in [-0.4, -0.2) is 41.6 Å². The average molecular weight is 246 g/mol. The molecule has 18 heavy (non-hydrogen) atoms. The van der Waals surface area contributed by atoms with Crippen molar-refractivity contribution in [2.24, 2.45) is 5.92 Å². The number of carbonyl (C=O) groups is 1. The van der Waals surface area contributed by atoms with E-state index in [4.69, 9.17) is 0 Å². The summed E-state index contributed by atoms with van der Waals surface area (Å²) in [6, 6.07) is 7.34. The minimum atomic E-state index is 0.178. The van der Waals surface area contributed by atoms with Gasteiger partial charge in [0, 0.05) is 25.7 Å². The highest BCUT2D eigenvalue weighted by Gasteiger charge is 2.39. The molecule has 0 spiro atoms. The Morgan fingerprint density at radius 2 is 2.33 bits per heavy atom. The first-order valence-electron chi connectivity index (χ1n) is 6.52. The molecular formula is C14H18N2O2. The molecule has 0 saturated carbocycles. The topological polar surface area (TPSA) is 52.6 Å². The fourth-order valence-corrected chi connectivity index (χ4v) is 3.10. The first-order valence-corrected chi connectivity index (χ1v) is 6.52. The van der Waals surface area contributed by atoms with Gasteiger partial charge in [-0.15, -0.1) is 0 Å². The fraction of sp³-hybridized carbons (Fsp3) is 0.500. The van der Waals surface area contributed by atoms with Crippen LogP contribution in [0.1, 0.15) is 12.0 Å². The molecule has 3 rings (SSSR count). The third-order valence-corrected chi connectivity index (χ3v) is 4.03. The molecule has 1 aromatic carbocycles. The maximum atomic E-state index is 12.3. The molecule has 2 atom stereocenters. The lowest BCUT2D eigenvalue weighted by Gasteiger charge is -2.23. The number of hydrogen-bond acceptors (Lipinski definition) is 3. The number of nitrogens with one attached hydrogen (secondary N) is 1. The highest BCUT2D eigenvalue weighted by atomic mass is 16.3. The summed E-state index contributed by atoms with van der Waals surface area (Å²) in [5, 5.41) is 12.8. The van der Waals surface area contributed by atoms with E-state index in [0.29, 0.717) is 18.4 Å². The summed E-state index contributed by atoms with van der Waals surface area (Å²) in [7, 11) is 0. The Bertz CT molecular complexity index is 461. The molecule has 0 radical (unpaired) electrons. The Morgan fingerprint density at radius 1 is 1.44 bits per heavy atom. The monoisotopic (exact) mass is 246 g/mol. The molecule has 2 aliphatic heterocycles. The number of nitrogens with zero attached hydrogens (tertiary/aromatic N) is 1. The van der Waals surface area contributed by atoms with E-state index in [9.17, 15) is 9.90 Å². The zero-order valence-corrected chi connectivity index (χ0v) is 10.3. The lowest BCUT2D eigenvalue weighted by molar-refractivity contribution is -0.131. The Kier molecular flexibility index (Phi) is 2.96. The predicted molar refractivity (Wildman–Crippen MR) is 68.3 cm³/mol. The zero-order chi connectivity index (χ0) is 12.5. The van der Waals surface area contributed by atoms with Crippen molar-refractivity contribution >= 4 is 5.91 Å². The second-order valence-electron chi connectivity index (χ2n) is 5.21. The van der Waals surface area contributed by atoms with E-state index in [0.717, 1.165) is 31.6 Å². The van der Waals surface area contributed by atoms with Gasteiger partial charge in [0.05, 0.1) is 6.42 Å². The van der Waals surface area contributed by atoms with Crippen LogP contribution in [0.2, 0.25) is 0 Å². The lowest BCUT2D eigenvalue weighted by atomic mass is 10.0. The highest BCUT2D eigenvalue weighted by molar-refractivity contribution is 5.79. The molecule has 2 aliphatic rings. The van der Waals surface area contributed by atoms with Gasteiger partial charge in [0.1, 0.15) is 5.75 Å². The quantitative estimate of drug-likeness (QED) is 0.810. The Balaban J connectivity index is 1.68. The summed E-state index contributed by atoms with van der Waals surface area (Å²) in [4.78, 5) is 14.3. The third-order valence-electron chi connectivity index (χ3n) is 4.03. The molecule has 2 saturated heterocycles. The van der Waals surface area contributed by atoms with Gasteiger partial charge in [0.25, 0.3) is 0 Å². The van der Waals surface area contributed by atoms with Gasteiger partial charge in [-0.25, -0.2) is 0 Å². The Hall–Kier alpha value is -1.55. The first-order chi connectivity index (χ1) is 8.74. The fourth-order valence-electron chi connectivity index (χ4n) is 3.10. The van der Waals surface area contributed by atoms with Gasteiger partial charge in [-0.05, 0) is 30.0 Å². The van der Waals surface area contributed by atoms with Crippen molar-refractivity contribution in [3.63, 3.8) is 0 Å². The number of carbonyl (C=O) groups excluding carboxylic acids is 1. The van der Waals surface area contributed by atoms with Crippen LogP contribution in [0.4, 0.5) is 0 Å². The molecular weight excluding hydrogens is 228 g/mol. The van der Waals surface area contributed by atoms with E-state index in [2.05, 4.69) is 5.32 Å². The van der Waals surface area contributed by atoms with E-state index in [1.165, 1.54) is 0 Å². The predicted octanol–water partition coefficient (Wildman–Crippen LogP) is 0.755. The molecule has 1 amide bonds. The van der Waals surface area contributed by atoms with Crippen molar-refractivity contribution < 1.29 is 9.90 Å². The number of fused-ring (bicyclic) bond motifs is 1. The molecule has 1 aromatic rings. The summed E-state index contributed by atoms with van der Waals surface area (Å²) < 4.78 is 0. The summed E-state index contributed by atoms with van der Waals surface area (Å²) in [5.41, 5.74) is 0.884. The molecule has 2 fully saturated rings. The van der Waals surface area contributed by atoms with Crippen molar-refractivity contribution in [3.05, 3.63) is 29.8 Å². The molecule has 4 heteroatoms.